The molecular formula is C26H24FN3O4. The molecule has 0 aliphatic carbocycles. The molecule has 3 aromatic carbocycles. The number of carbonyl (C=O) groups excluding carboxylic acids is 3. The van der Waals surface area contributed by atoms with Crippen molar-refractivity contribution in [1.29, 1.82) is 0 Å². The van der Waals surface area contributed by atoms with Crippen LogP contribution in [-0.2, 0) is 9.59 Å². The van der Waals surface area contributed by atoms with Crippen LogP contribution in [0.1, 0.15) is 22.3 Å². The van der Waals surface area contributed by atoms with Crippen LogP contribution in [0.5, 0.6) is 5.75 Å². The van der Waals surface area contributed by atoms with Gasteiger partial charge < -0.3 is 20.3 Å². The van der Waals surface area contributed by atoms with Crippen molar-refractivity contribution in [3.8, 4) is 5.75 Å². The predicted molar refractivity (Wildman–Crippen MR) is 128 cm³/mol. The summed E-state index contributed by atoms with van der Waals surface area (Å²) >= 11 is 0. The minimum atomic E-state index is -0.605. The third-order valence-corrected chi connectivity index (χ3v) is 5.65. The molecule has 0 saturated carbocycles. The molecule has 3 aromatic rings. The van der Waals surface area contributed by atoms with Crippen molar-refractivity contribution in [3.05, 3.63) is 83.7 Å². The Bertz CT molecular complexity index is 1230. The SMILES string of the molecule is COc1ccc(NC(=O)c2ccc(NC(=O)C3CC(=O)N(c4ccc(C)cc4F)C3)cc2)cc1. The number of nitrogens with zero attached hydrogens (tertiary/aromatic N) is 1. The van der Waals surface area contributed by atoms with Gasteiger partial charge in [0.1, 0.15) is 11.6 Å². The average molecular weight is 461 g/mol. The fourth-order valence-electron chi connectivity index (χ4n) is 3.77. The highest BCUT2D eigenvalue weighted by atomic mass is 19.1. The number of anilines is 3. The molecule has 1 saturated heterocycles. The Morgan fingerprint density at radius 2 is 1.62 bits per heavy atom. The van der Waals surface area contributed by atoms with Crippen LogP contribution in [0.15, 0.2) is 66.7 Å². The molecule has 1 aliphatic heterocycles. The maximum absolute atomic E-state index is 14.3. The summed E-state index contributed by atoms with van der Waals surface area (Å²) in [5.74, 6) is -1.33. The molecule has 1 unspecified atom stereocenters. The fraction of sp³-hybridized carbons (Fsp3) is 0.192. The van der Waals surface area contributed by atoms with Gasteiger partial charge in [0.25, 0.3) is 5.91 Å². The Kier molecular flexibility index (Phi) is 6.58. The van der Waals surface area contributed by atoms with Crippen LogP contribution >= 0.6 is 0 Å². The van der Waals surface area contributed by atoms with E-state index < -0.39 is 11.7 Å². The molecule has 0 aromatic heterocycles. The lowest BCUT2D eigenvalue weighted by Crippen LogP contribution is -2.28. The molecule has 0 radical (unpaired) electrons. The van der Waals surface area contributed by atoms with E-state index in [-0.39, 0.29) is 36.4 Å². The molecule has 0 spiro atoms. The van der Waals surface area contributed by atoms with Crippen LogP contribution in [0.2, 0.25) is 0 Å². The zero-order valence-electron chi connectivity index (χ0n) is 18.8. The molecule has 1 fully saturated rings. The molecular weight excluding hydrogens is 437 g/mol. The first-order chi connectivity index (χ1) is 16.3. The maximum Gasteiger partial charge on any atom is 0.255 e. The van der Waals surface area contributed by atoms with E-state index in [1.54, 1.807) is 74.7 Å². The summed E-state index contributed by atoms with van der Waals surface area (Å²) in [7, 11) is 1.57. The number of benzene rings is 3. The number of rotatable bonds is 6. The van der Waals surface area contributed by atoms with Gasteiger partial charge in [-0.15, -0.1) is 0 Å². The molecule has 8 heteroatoms. The van der Waals surface area contributed by atoms with Gasteiger partial charge in [0.05, 0.1) is 18.7 Å². The Balaban J connectivity index is 1.36. The average Bonchev–Trinajstić information content (AvgIpc) is 3.21. The molecule has 7 nitrogen and oxygen atoms in total. The van der Waals surface area contributed by atoms with Crippen LogP contribution in [-0.4, -0.2) is 31.4 Å². The standard InChI is InChI=1S/C26H24FN3O4/c1-16-3-12-23(22(27)13-16)30-15-18(14-24(30)31)26(33)29-19-6-4-17(5-7-19)25(32)28-20-8-10-21(34-2)11-9-20/h3-13,18H,14-15H2,1-2H3,(H,28,32)(H,29,33). The van der Waals surface area contributed by atoms with Crippen molar-refractivity contribution in [2.45, 2.75) is 13.3 Å². The molecule has 3 amide bonds. The van der Waals surface area contributed by atoms with Gasteiger partial charge in [-0.2, -0.15) is 0 Å². The van der Waals surface area contributed by atoms with E-state index in [4.69, 9.17) is 4.74 Å². The Morgan fingerprint density at radius 1 is 0.971 bits per heavy atom. The van der Waals surface area contributed by atoms with E-state index in [9.17, 15) is 18.8 Å². The zero-order valence-corrected chi connectivity index (χ0v) is 18.8. The van der Waals surface area contributed by atoms with E-state index in [1.165, 1.54) is 11.0 Å². The number of carbonyl (C=O) groups is 3. The van der Waals surface area contributed by atoms with E-state index >= 15 is 0 Å². The monoisotopic (exact) mass is 461 g/mol. The largest absolute Gasteiger partial charge is 0.497 e. The normalized spacial score (nSPS) is 15.2. The lowest BCUT2D eigenvalue weighted by molar-refractivity contribution is -0.122. The van der Waals surface area contributed by atoms with E-state index in [0.717, 1.165) is 5.56 Å². The molecule has 174 valence electrons. The van der Waals surface area contributed by atoms with Gasteiger partial charge in [-0.1, -0.05) is 6.07 Å². The van der Waals surface area contributed by atoms with Gasteiger partial charge in [0, 0.05) is 29.9 Å². The summed E-state index contributed by atoms with van der Waals surface area (Å²) in [5, 5.41) is 5.56. The first kappa shape index (κ1) is 23.0. The van der Waals surface area contributed by atoms with Crippen molar-refractivity contribution in [3.63, 3.8) is 0 Å². The number of ether oxygens (including phenoxy) is 1. The number of hydrogen-bond donors (Lipinski definition) is 2. The molecule has 1 aliphatic rings. The summed E-state index contributed by atoms with van der Waals surface area (Å²) < 4.78 is 19.4. The second-order valence-electron chi connectivity index (χ2n) is 8.11. The summed E-state index contributed by atoms with van der Waals surface area (Å²) in [6, 6.07) is 18.0. The quantitative estimate of drug-likeness (QED) is 0.570. The van der Waals surface area contributed by atoms with Gasteiger partial charge in [-0.05, 0) is 73.2 Å². The highest BCUT2D eigenvalue weighted by Gasteiger charge is 2.36. The predicted octanol–water partition coefficient (Wildman–Crippen LogP) is 4.39. The number of halogens is 1. The fourth-order valence-corrected chi connectivity index (χ4v) is 3.77. The van der Waals surface area contributed by atoms with Gasteiger partial charge in [-0.25, -0.2) is 4.39 Å². The molecule has 34 heavy (non-hydrogen) atoms. The first-order valence-electron chi connectivity index (χ1n) is 10.8. The van der Waals surface area contributed by atoms with E-state index in [0.29, 0.717) is 22.7 Å². The maximum atomic E-state index is 14.3. The van der Waals surface area contributed by atoms with Gasteiger partial charge >= 0.3 is 0 Å². The lowest BCUT2D eigenvalue weighted by atomic mass is 10.1. The van der Waals surface area contributed by atoms with Crippen LogP contribution in [0, 0.1) is 18.7 Å². The van der Waals surface area contributed by atoms with Crippen LogP contribution in [0.3, 0.4) is 0 Å². The topological polar surface area (TPSA) is 87.7 Å². The summed E-state index contributed by atoms with van der Waals surface area (Å²) in [4.78, 5) is 38.9. The zero-order chi connectivity index (χ0) is 24.2. The van der Waals surface area contributed by atoms with E-state index in [1.807, 2.05) is 0 Å². The second-order valence-corrected chi connectivity index (χ2v) is 8.11. The van der Waals surface area contributed by atoms with Crippen LogP contribution in [0.4, 0.5) is 21.5 Å². The lowest BCUT2D eigenvalue weighted by Gasteiger charge is -2.18. The Labute approximate surface area is 196 Å². The summed E-state index contributed by atoms with van der Waals surface area (Å²) in [6.45, 7) is 1.87. The van der Waals surface area contributed by atoms with Crippen molar-refractivity contribution in [2.24, 2.45) is 5.92 Å². The molecule has 1 heterocycles. The Hall–Kier alpha value is -4.20. The minimum Gasteiger partial charge on any atom is -0.497 e. The van der Waals surface area contributed by atoms with Crippen molar-refractivity contribution in [2.75, 3.05) is 29.2 Å². The first-order valence-corrected chi connectivity index (χ1v) is 10.8. The number of amides is 3. The van der Waals surface area contributed by atoms with Crippen molar-refractivity contribution < 1.29 is 23.5 Å². The molecule has 1 atom stereocenters. The highest BCUT2D eigenvalue weighted by molar-refractivity contribution is 6.05. The number of methoxy groups -OCH3 is 1. The van der Waals surface area contributed by atoms with Crippen molar-refractivity contribution in [1.82, 2.24) is 0 Å². The van der Waals surface area contributed by atoms with Gasteiger partial charge in [0.2, 0.25) is 11.8 Å². The molecule has 0 bridgehead atoms. The highest BCUT2D eigenvalue weighted by Crippen LogP contribution is 2.29. The third kappa shape index (κ3) is 5.06. The second kappa shape index (κ2) is 9.74. The summed E-state index contributed by atoms with van der Waals surface area (Å²) in [5.41, 5.74) is 2.48. The molecule has 2 N–H and O–H groups in total. The van der Waals surface area contributed by atoms with Gasteiger partial charge in [0.15, 0.2) is 0 Å². The van der Waals surface area contributed by atoms with E-state index in [2.05, 4.69) is 10.6 Å². The van der Waals surface area contributed by atoms with Crippen LogP contribution < -0.4 is 20.3 Å². The van der Waals surface area contributed by atoms with Crippen LogP contribution in [0.25, 0.3) is 0 Å². The molecule has 4 rings (SSSR count). The van der Waals surface area contributed by atoms with Gasteiger partial charge in [-0.3, -0.25) is 14.4 Å². The minimum absolute atomic E-state index is 0.00149. The number of nitrogens with one attached hydrogen (secondary N) is 2. The smallest absolute Gasteiger partial charge is 0.255 e. The Morgan fingerprint density at radius 3 is 2.26 bits per heavy atom. The van der Waals surface area contributed by atoms with Crippen molar-refractivity contribution >= 4 is 34.8 Å². The number of hydrogen-bond acceptors (Lipinski definition) is 4. The third-order valence-electron chi connectivity index (χ3n) is 5.65. The number of aryl methyl sites for hydroxylation is 1. The summed E-state index contributed by atoms with van der Waals surface area (Å²) in [6.07, 6.45) is 0.00149.